The first-order valence-corrected chi connectivity index (χ1v) is 8.16. The van der Waals surface area contributed by atoms with Crippen molar-refractivity contribution in [3.63, 3.8) is 0 Å². The summed E-state index contributed by atoms with van der Waals surface area (Å²) < 4.78 is 39.0. The number of rotatable bonds is 5. The van der Waals surface area contributed by atoms with E-state index in [1.807, 2.05) is 0 Å². The lowest BCUT2D eigenvalue weighted by Crippen LogP contribution is -2.36. The summed E-state index contributed by atoms with van der Waals surface area (Å²) in [6.07, 6.45) is -4.99. The molecule has 0 aliphatic rings. The van der Waals surface area contributed by atoms with Gasteiger partial charge in [0.1, 0.15) is 5.56 Å². The number of thioether (sulfide) groups is 1. The van der Waals surface area contributed by atoms with Gasteiger partial charge in [-0.1, -0.05) is 23.9 Å². The van der Waals surface area contributed by atoms with E-state index in [1.165, 1.54) is 0 Å². The van der Waals surface area contributed by atoms with Crippen LogP contribution in [0.3, 0.4) is 0 Å². The van der Waals surface area contributed by atoms with Crippen molar-refractivity contribution in [1.29, 1.82) is 0 Å². The average molecular weight is 401 g/mol. The molecule has 0 saturated carbocycles. The Hall–Kier alpha value is -2.79. The number of alkyl halides is 3. The molecule has 4 N–H and O–H groups in total. The first-order valence-electron chi connectivity index (χ1n) is 7.35. The molecule has 0 radical (unpaired) electrons. The standard InChI is InChI=1S/C16H14F3N3O4S/c1-15(24,27-13-5-3-2-4-11(13)20)14(23)21-9-6-7-12(22(25)26)10(8-9)16(17,18)19/h2-8,24H,20H2,1H3,(H,21,23). The number of para-hydroxylation sites is 1. The molecule has 0 fully saturated rings. The van der Waals surface area contributed by atoms with E-state index < -0.39 is 33.2 Å². The fourth-order valence-corrected chi connectivity index (χ4v) is 2.99. The number of carbonyl (C=O) groups excluding carboxylic acids is 1. The molecule has 1 amide bonds. The Labute approximate surface area is 155 Å². The summed E-state index contributed by atoms with van der Waals surface area (Å²) in [5.41, 5.74) is 3.05. The molecular formula is C16H14F3N3O4S. The number of nitrogens with one attached hydrogen (secondary N) is 1. The maximum atomic E-state index is 13.0. The van der Waals surface area contributed by atoms with Gasteiger partial charge in [0.2, 0.25) is 0 Å². The van der Waals surface area contributed by atoms with Crippen LogP contribution in [0.15, 0.2) is 47.4 Å². The van der Waals surface area contributed by atoms with E-state index in [0.29, 0.717) is 34.5 Å². The molecule has 2 rings (SSSR count). The summed E-state index contributed by atoms with van der Waals surface area (Å²) in [6.45, 7) is 1.15. The number of amides is 1. The fourth-order valence-electron chi connectivity index (χ4n) is 2.08. The van der Waals surface area contributed by atoms with Crippen molar-refractivity contribution in [2.45, 2.75) is 22.9 Å². The monoisotopic (exact) mass is 401 g/mol. The van der Waals surface area contributed by atoms with Gasteiger partial charge >= 0.3 is 6.18 Å². The molecule has 0 aliphatic carbocycles. The molecule has 0 saturated heterocycles. The third-order valence-electron chi connectivity index (χ3n) is 3.41. The van der Waals surface area contributed by atoms with Gasteiger partial charge in [-0.25, -0.2) is 0 Å². The quantitative estimate of drug-likeness (QED) is 0.231. The van der Waals surface area contributed by atoms with Gasteiger partial charge in [0.25, 0.3) is 11.6 Å². The predicted molar refractivity (Wildman–Crippen MR) is 94.1 cm³/mol. The maximum absolute atomic E-state index is 13.0. The predicted octanol–water partition coefficient (Wildman–Crippen LogP) is 3.64. The highest BCUT2D eigenvalue weighted by molar-refractivity contribution is 8.01. The third-order valence-corrected chi connectivity index (χ3v) is 4.58. The lowest BCUT2D eigenvalue weighted by atomic mass is 10.1. The van der Waals surface area contributed by atoms with Gasteiger partial charge in [0.05, 0.1) is 4.92 Å². The summed E-state index contributed by atoms with van der Waals surface area (Å²) in [6, 6.07) is 8.44. The molecule has 0 aromatic heterocycles. The van der Waals surface area contributed by atoms with Crippen molar-refractivity contribution in [3.8, 4) is 0 Å². The second-order valence-electron chi connectivity index (χ2n) is 5.56. The van der Waals surface area contributed by atoms with E-state index in [4.69, 9.17) is 5.73 Å². The van der Waals surface area contributed by atoms with E-state index in [0.717, 1.165) is 13.0 Å². The van der Waals surface area contributed by atoms with Crippen LogP contribution >= 0.6 is 11.8 Å². The van der Waals surface area contributed by atoms with Gasteiger partial charge in [0.15, 0.2) is 4.93 Å². The first-order chi connectivity index (χ1) is 12.4. The number of anilines is 2. The van der Waals surface area contributed by atoms with Crippen molar-refractivity contribution >= 4 is 34.7 Å². The number of carbonyl (C=O) groups is 1. The lowest BCUT2D eigenvalue weighted by Gasteiger charge is -2.22. The highest BCUT2D eigenvalue weighted by atomic mass is 32.2. The molecular weight excluding hydrogens is 387 g/mol. The minimum atomic E-state index is -4.99. The van der Waals surface area contributed by atoms with Crippen molar-refractivity contribution < 1.29 is 28.0 Å². The molecule has 1 unspecified atom stereocenters. The Morgan fingerprint density at radius 1 is 1.26 bits per heavy atom. The molecule has 7 nitrogen and oxygen atoms in total. The van der Waals surface area contributed by atoms with E-state index in [2.05, 4.69) is 5.32 Å². The molecule has 0 aliphatic heterocycles. The average Bonchev–Trinajstić information content (AvgIpc) is 2.55. The van der Waals surface area contributed by atoms with Gasteiger partial charge in [-0.2, -0.15) is 13.2 Å². The minimum absolute atomic E-state index is 0.310. The Bertz CT molecular complexity index is 887. The Morgan fingerprint density at radius 3 is 2.44 bits per heavy atom. The number of nitrogens with two attached hydrogens (primary N) is 1. The van der Waals surface area contributed by atoms with E-state index >= 15 is 0 Å². The van der Waals surface area contributed by atoms with Gasteiger partial charge in [-0.15, -0.1) is 0 Å². The van der Waals surface area contributed by atoms with Crippen LogP contribution < -0.4 is 11.1 Å². The SMILES string of the molecule is CC(O)(Sc1ccccc1N)C(=O)Nc1ccc([N+](=O)[O-])c(C(F)(F)F)c1. The number of aliphatic hydroxyl groups is 1. The van der Waals surface area contributed by atoms with Crippen LogP contribution in [0.2, 0.25) is 0 Å². The number of hydrogen-bond acceptors (Lipinski definition) is 6. The minimum Gasteiger partial charge on any atom is -0.398 e. The van der Waals surface area contributed by atoms with Crippen molar-refractivity contribution in [3.05, 3.63) is 58.1 Å². The topological polar surface area (TPSA) is 118 Å². The molecule has 2 aromatic carbocycles. The number of benzene rings is 2. The number of nitro benzene ring substituents is 1. The van der Waals surface area contributed by atoms with Crippen LogP contribution in [0.4, 0.5) is 30.2 Å². The highest BCUT2D eigenvalue weighted by Crippen LogP contribution is 2.38. The van der Waals surface area contributed by atoms with Crippen molar-refractivity contribution in [2.24, 2.45) is 0 Å². The normalized spacial score (nSPS) is 13.7. The summed E-state index contributed by atoms with van der Waals surface area (Å²) >= 11 is 0.706. The smallest absolute Gasteiger partial charge is 0.398 e. The number of halogens is 3. The first kappa shape index (κ1) is 20.5. The van der Waals surface area contributed by atoms with Gasteiger partial charge < -0.3 is 16.2 Å². The zero-order valence-corrected chi connectivity index (χ0v) is 14.6. The second kappa shape index (κ2) is 7.45. The molecule has 27 heavy (non-hydrogen) atoms. The number of nitro groups is 1. The summed E-state index contributed by atoms with van der Waals surface area (Å²) in [7, 11) is 0. The zero-order valence-electron chi connectivity index (χ0n) is 13.8. The fraction of sp³-hybridized carbons (Fsp3) is 0.188. The molecule has 0 bridgehead atoms. The zero-order chi connectivity index (χ0) is 20.4. The molecule has 1 atom stereocenters. The molecule has 144 valence electrons. The maximum Gasteiger partial charge on any atom is 0.423 e. The molecule has 11 heteroatoms. The number of nitrogens with zero attached hydrogens (tertiary/aromatic N) is 1. The van der Waals surface area contributed by atoms with Crippen LogP contribution in [0.25, 0.3) is 0 Å². The number of nitrogen functional groups attached to an aromatic ring is 1. The van der Waals surface area contributed by atoms with Crippen molar-refractivity contribution in [1.82, 2.24) is 0 Å². The molecule has 0 heterocycles. The largest absolute Gasteiger partial charge is 0.423 e. The Balaban J connectivity index is 2.26. The lowest BCUT2D eigenvalue weighted by molar-refractivity contribution is -0.388. The summed E-state index contributed by atoms with van der Waals surface area (Å²) in [4.78, 5) is 20.2. The Morgan fingerprint density at radius 2 is 1.89 bits per heavy atom. The summed E-state index contributed by atoms with van der Waals surface area (Å²) in [5, 5.41) is 23.2. The van der Waals surface area contributed by atoms with Gasteiger partial charge in [-0.3, -0.25) is 14.9 Å². The van der Waals surface area contributed by atoms with E-state index in [1.54, 1.807) is 24.3 Å². The number of hydrogen-bond donors (Lipinski definition) is 3. The highest BCUT2D eigenvalue weighted by Gasteiger charge is 2.39. The van der Waals surface area contributed by atoms with Gasteiger partial charge in [-0.05, 0) is 31.2 Å². The second-order valence-corrected chi connectivity index (χ2v) is 7.00. The van der Waals surface area contributed by atoms with Crippen LogP contribution in [-0.4, -0.2) is 20.9 Å². The van der Waals surface area contributed by atoms with Crippen molar-refractivity contribution in [2.75, 3.05) is 11.1 Å². The van der Waals surface area contributed by atoms with E-state index in [-0.39, 0.29) is 5.69 Å². The van der Waals surface area contributed by atoms with E-state index in [9.17, 15) is 33.2 Å². The molecule has 2 aromatic rings. The van der Waals surface area contributed by atoms with Gasteiger partial charge in [0, 0.05) is 22.3 Å². The summed E-state index contributed by atoms with van der Waals surface area (Å²) in [5.74, 6) is -1.02. The van der Waals surface area contributed by atoms with Crippen LogP contribution in [0.1, 0.15) is 12.5 Å². The van der Waals surface area contributed by atoms with Crippen LogP contribution in [-0.2, 0) is 11.0 Å². The Kier molecular flexibility index (Phi) is 5.66. The van der Waals surface area contributed by atoms with Crippen LogP contribution in [0.5, 0.6) is 0 Å². The van der Waals surface area contributed by atoms with Crippen LogP contribution in [0, 0.1) is 10.1 Å². The third kappa shape index (κ3) is 4.89. The molecule has 0 spiro atoms.